The molecule has 0 atom stereocenters. The van der Waals surface area contributed by atoms with Gasteiger partial charge in [-0.1, -0.05) is 0 Å². The van der Waals surface area contributed by atoms with Crippen molar-refractivity contribution in [3.05, 3.63) is 58.9 Å². The molecule has 8 rings (SSSR count). The van der Waals surface area contributed by atoms with E-state index in [-0.39, 0.29) is 12.0 Å². The molecule has 2 amide bonds. The third-order valence-corrected chi connectivity index (χ3v) is 11.9. The highest BCUT2D eigenvalue weighted by molar-refractivity contribution is 5.75. The Hall–Kier alpha value is -5.68. The number of ether oxygens (including phenoxy) is 5. The van der Waals surface area contributed by atoms with E-state index in [0.29, 0.717) is 54.6 Å². The largest absolute Gasteiger partial charge is 0.495 e. The number of fused-ring (bicyclic) bond motifs is 2. The average molecular weight is 815 g/mol. The number of anilines is 6. The molecule has 4 aromatic rings. The minimum Gasteiger partial charge on any atom is -0.495 e. The van der Waals surface area contributed by atoms with Crippen LogP contribution in [0.25, 0.3) is 0 Å². The van der Waals surface area contributed by atoms with E-state index >= 15 is 0 Å². The monoisotopic (exact) mass is 814 g/mol. The zero-order valence-electron chi connectivity index (χ0n) is 35.1. The smallest absolute Gasteiger partial charge is 0.409 e. The minimum atomic E-state index is -0.317. The van der Waals surface area contributed by atoms with Crippen molar-refractivity contribution in [2.45, 2.75) is 70.6 Å². The number of nitrogens with two attached hydrogens (primary N) is 2. The number of nitrogens with zero attached hydrogens (tertiary/aromatic N) is 8. The number of carbonyl (C=O) groups is 2. The Bertz CT molecular complexity index is 2120. The Morgan fingerprint density at radius 2 is 1.12 bits per heavy atom. The summed E-state index contributed by atoms with van der Waals surface area (Å²) >= 11 is 0. The van der Waals surface area contributed by atoms with Crippen molar-refractivity contribution < 1.29 is 33.3 Å². The van der Waals surface area contributed by atoms with Gasteiger partial charge in [0.1, 0.15) is 11.5 Å². The van der Waals surface area contributed by atoms with Crippen molar-refractivity contribution in [2.24, 2.45) is 0 Å². The second-order valence-electron chi connectivity index (χ2n) is 15.4. The molecule has 0 saturated carbocycles. The van der Waals surface area contributed by atoms with E-state index in [2.05, 4.69) is 14.3 Å². The molecule has 2 saturated heterocycles. The van der Waals surface area contributed by atoms with Gasteiger partial charge < -0.3 is 54.8 Å². The van der Waals surface area contributed by atoms with E-state index in [1.165, 1.54) is 18.5 Å². The van der Waals surface area contributed by atoms with Crippen LogP contribution < -0.4 is 30.7 Å². The highest BCUT2D eigenvalue weighted by atomic mass is 16.5. The number of methoxy groups -OCH3 is 3. The van der Waals surface area contributed by atoms with E-state index < -0.39 is 0 Å². The van der Waals surface area contributed by atoms with E-state index in [1.54, 1.807) is 26.0 Å². The van der Waals surface area contributed by atoms with E-state index in [4.69, 9.17) is 45.3 Å². The van der Waals surface area contributed by atoms with Gasteiger partial charge in [-0.3, -0.25) is 14.2 Å². The third-order valence-electron chi connectivity index (χ3n) is 11.9. The van der Waals surface area contributed by atoms with Gasteiger partial charge in [0.2, 0.25) is 5.91 Å². The highest BCUT2D eigenvalue weighted by Crippen LogP contribution is 2.39. The molecule has 0 radical (unpaired) electrons. The molecule has 2 aromatic heterocycles. The van der Waals surface area contributed by atoms with Crippen LogP contribution in [0.2, 0.25) is 0 Å². The second kappa shape index (κ2) is 18.1. The predicted molar refractivity (Wildman–Crippen MR) is 225 cm³/mol. The zero-order valence-corrected chi connectivity index (χ0v) is 35.1. The highest BCUT2D eigenvalue weighted by Gasteiger charge is 2.34. The quantitative estimate of drug-likeness (QED) is 0.222. The first-order valence-electron chi connectivity index (χ1n) is 20.3. The summed E-state index contributed by atoms with van der Waals surface area (Å²) in [6.07, 6.45) is 5.04. The summed E-state index contributed by atoms with van der Waals surface area (Å²) in [4.78, 5) is 31.9. The number of amides is 2. The molecule has 4 N–H and O–H groups in total. The molecular formula is C42H58N10O7. The van der Waals surface area contributed by atoms with Crippen LogP contribution in [0.5, 0.6) is 11.5 Å². The molecule has 0 bridgehead atoms. The first-order valence-corrected chi connectivity index (χ1v) is 20.3. The van der Waals surface area contributed by atoms with Gasteiger partial charge in [-0.15, -0.1) is 0 Å². The lowest BCUT2D eigenvalue weighted by Gasteiger charge is -2.29. The average Bonchev–Trinajstić information content (AvgIpc) is 3.85. The summed E-state index contributed by atoms with van der Waals surface area (Å²) < 4.78 is 31.2. The number of hydrogen-bond donors (Lipinski definition) is 2. The summed E-state index contributed by atoms with van der Waals surface area (Å²) in [6, 6.07) is 12.0. The maximum Gasteiger partial charge on any atom is 0.409 e. The number of nitrogen functional groups attached to an aromatic ring is 2. The molecule has 2 aromatic carbocycles. The number of rotatable bonds is 8. The number of aromatic nitrogens is 4. The molecule has 2 fully saturated rings. The molecule has 0 unspecified atom stereocenters. The van der Waals surface area contributed by atoms with Gasteiger partial charge in [0.05, 0.1) is 57.9 Å². The summed E-state index contributed by atoms with van der Waals surface area (Å²) in [7, 11) is 8.60. The Balaban J connectivity index is 0.000000179. The van der Waals surface area contributed by atoms with Crippen molar-refractivity contribution in [1.82, 2.24) is 29.4 Å². The third kappa shape index (κ3) is 8.57. The normalized spacial score (nSPS) is 17.0. The minimum absolute atomic E-state index is 0.0947. The second-order valence-corrected chi connectivity index (χ2v) is 15.4. The Morgan fingerprint density at radius 3 is 1.53 bits per heavy atom. The first-order chi connectivity index (χ1) is 28.5. The summed E-state index contributed by atoms with van der Waals surface area (Å²) in [5.41, 5.74) is 19.6. The first kappa shape index (κ1) is 41.5. The van der Waals surface area contributed by atoms with E-state index in [0.717, 1.165) is 106 Å². The lowest BCUT2D eigenvalue weighted by atomic mass is 10.0. The zero-order chi connectivity index (χ0) is 41.8. The lowest BCUT2D eigenvalue weighted by Crippen LogP contribution is -2.37. The van der Waals surface area contributed by atoms with Crippen molar-refractivity contribution >= 4 is 46.4 Å². The Morgan fingerprint density at radius 1 is 0.695 bits per heavy atom. The molecule has 0 aliphatic carbocycles. The van der Waals surface area contributed by atoms with Gasteiger partial charge in [-0.05, 0) is 49.9 Å². The van der Waals surface area contributed by atoms with Gasteiger partial charge >= 0.3 is 6.09 Å². The molecule has 59 heavy (non-hydrogen) atoms. The van der Waals surface area contributed by atoms with Crippen LogP contribution in [0, 0.1) is 0 Å². The summed E-state index contributed by atoms with van der Waals surface area (Å²) in [5, 5.41) is 10.1. The molecule has 17 heteroatoms. The van der Waals surface area contributed by atoms with Crippen molar-refractivity contribution in [3.63, 3.8) is 0 Å². The van der Waals surface area contributed by atoms with Crippen molar-refractivity contribution in [2.75, 3.05) is 96.2 Å². The van der Waals surface area contributed by atoms with Gasteiger partial charge in [-0.2, -0.15) is 10.2 Å². The Kier molecular flexibility index (Phi) is 12.7. The molecule has 17 nitrogen and oxygen atoms in total. The van der Waals surface area contributed by atoms with Crippen LogP contribution in [-0.2, 0) is 44.9 Å². The van der Waals surface area contributed by atoms with Crippen LogP contribution in [0.1, 0.15) is 67.2 Å². The fourth-order valence-corrected chi connectivity index (χ4v) is 8.47. The fraction of sp³-hybridized carbons (Fsp3) is 0.524. The van der Waals surface area contributed by atoms with Gasteiger partial charge in [0.15, 0.2) is 11.6 Å². The van der Waals surface area contributed by atoms with Crippen LogP contribution in [0.15, 0.2) is 36.4 Å². The number of benzene rings is 2. The molecule has 6 heterocycles. The Labute approximate surface area is 345 Å². The van der Waals surface area contributed by atoms with Gasteiger partial charge in [0.25, 0.3) is 0 Å². The fourth-order valence-electron chi connectivity index (χ4n) is 8.47. The molecule has 0 spiro atoms. The molecular weight excluding hydrogens is 757 g/mol. The van der Waals surface area contributed by atoms with Crippen LogP contribution in [0.3, 0.4) is 0 Å². The SMILES string of the molecule is COC(=O)N1CCc2c(c(N(C)c3ccc(N)c(OC)c3)nn2C2CCOCC2)C1.COc1cc(N(C)c2nn(C3CCOCC3)c3c2CN(C(C)=O)CC3)ccc1N. The van der Waals surface area contributed by atoms with Crippen LogP contribution in [-0.4, -0.2) is 116 Å². The van der Waals surface area contributed by atoms with Crippen molar-refractivity contribution in [1.29, 1.82) is 0 Å². The summed E-state index contributed by atoms with van der Waals surface area (Å²) in [6.45, 7) is 7.04. The van der Waals surface area contributed by atoms with E-state index in [9.17, 15) is 9.59 Å². The van der Waals surface area contributed by atoms with Crippen LogP contribution >= 0.6 is 0 Å². The van der Waals surface area contributed by atoms with Crippen LogP contribution in [0.4, 0.5) is 39.2 Å². The van der Waals surface area contributed by atoms with Crippen molar-refractivity contribution in [3.8, 4) is 11.5 Å². The molecule has 4 aliphatic rings. The maximum atomic E-state index is 12.2. The molecule has 4 aliphatic heterocycles. The predicted octanol–water partition coefficient (Wildman–Crippen LogP) is 5.22. The topological polar surface area (TPSA) is 181 Å². The van der Waals surface area contributed by atoms with E-state index in [1.807, 2.05) is 60.3 Å². The lowest BCUT2D eigenvalue weighted by molar-refractivity contribution is -0.129. The maximum absolute atomic E-state index is 12.2. The summed E-state index contributed by atoms with van der Waals surface area (Å²) in [5.74, 6) is 3.06. The number of carbonyl (C=O) groups excluding carboxylic acids is 2. The number of hydrogen-bond acceptors (Lipinski definition) is 13. The van der Waals surface area contributed by atoms with Gasteiger partial charge in [0, 0.05) is 119 Å². The van der Waals surface area contributed by atoms with Gasteiger partial charge in [-0.25, -0.2) is 4.79 Å². The standard InChI is InChI=1S/C21H29N5O4.C21H29N5O3/c1-24(15-4-5-17(22)19(12-15)28-2)20-16-13-25(21(27)29-3)9-6-18(16)26(23-20)14-7-10-30-11-8-14;1-14(27)25-9-6-19-17(13-25)21(23-26(19)15-7-10-29-11-8-15)24(2)16-4-5-18(22)20(12-16)28-3/h4-5,12,14H,6-11,13,22H2,1-3H3;4-5,12,15H,6-11,13,22H2,1-3H3. The molecule has 318 valence electrons.